The number of carbonyl (C=O) groups excluding carboxylic acids is 1. The first-order valence-electron chi connectivity index (χ1n) is 6.85. The SMILES string of the molecule is CCC1C(NC(=O)[C@H](C)N)NNC1c1ccc(Br)cc1. The Bertz CT molecular complexity index is 463. The molecule has 1 aromatic rings. The largest absolute Gasteiger partial charge is 0.338 e. The lowest BCUT2D eigenvalue weighted by molar-refractivity contribution is -0.123. The molecule has 0 radical (unpaired) electrons. The van der Waals surface area contributed by atoms with Crippen LogP contribution in [0, 0.1) is 5.92 Å². The van der Waals surface area contributed by atoms with E-state index < -0.39 is 6.04 Å². The zero-order chi connectivity index (χ0) is 14.7. The molecule has 110 valence electrons. The highest BCUT2D eigenvalue weighted by molar-refractivity contribution is 9.10. The molecule has 2 rings (SSSR count). The van der Waals surface area contributed by atoms with E-state index in [0.29, 0.717) is 0 Å². The molecule has 0 aliphatic carbocycles. The number of nitrogens with two attached hydrogens (primary N) is 1. The fourth-order valence-electron chi connectivity index (χ4n) is 2.49. The Morgan fingerprint density at radius 1 is 1.40 bits per heavy atom. The normalized spacial score (nSPS) is 27.3. The van der Waals surface area contributed by atoms with Crippen LogP contribution >= 0.6 is 15.9 Å². The molecule has 6 heteroatoms. The molecule has 4 atom stereocenters. The molecule has 0 bridgehead atoms. The van der Waals surface area contributed by atoms with Crippen molar-refractivity contribution >= 4 is 21.8 Å². The molecule has 1 saturated heterocycles. The molecule has 3 unspecified atom stereocenters. The fourth-order valence-corrected chi connectivity index (χ4v) is 2.75. The van der Waals surface area contributed by atoms with E-state index in [-0.39, 0.29) is 24.0 Å². The minimum atomic E-state index is -0.499. The first-order chi connectivity index (χ1) is 9.52. The number of nitrogens with one attached hydrogen (secondary N) is 3. The number of hydrogen-bond acceptors (Lipinski definition) is 4. The molecule has 0 saturated carbocycles. The summed E-state index contributed by atoms with van der Waals surface area (Å²) in [6, 6.07) is 7.89. The van der Waals surface area contributed by atoms with Crippen LogP contribution < -0.4 is 21.9 Å². The van der Waals surface area contributed by atoms with Crippen molar-refractivity contribution in [1.82, 2.24) is 16.2 Å². The Labute approximate surface area is 127 Å². The van der Waals surface area contributed by atoms with Crippen molar-refractivity contribution in [3.05, 3.63) is 34.3 Å². The zero-order valence-electron chi connectivity index (χ0n) is 11.7. The van der Waals surface area contributed by atoms with Crippen LogP contribution in [0.15, 0.2) is 28.7 Å². The average Bonchev–Trinajstić information content (AvgIpc) is 2.82. The second-order valence-corrected chi connectivity index (χ2v) is 6.08. The van der Waals surface area contributed by atoms with Crippen molar-refractivity contribution in [1.29, 1.82) is 0 Å². The monoisotopic (exact) mass is 340 g/mol. The number of carbonyl (C=O) groups is 1. The van der Waals surface area contributed by atoms with Gasteiger partial charge in [0, 0.05) is 10.4 Å². The molecule has 1 heterocycles. The third-order valence-corrected chi connectivity index (χ3v) is 4.19. The van der Waals surface area contributed by atoms with E-state index in [4.69, 9.17) is 5.73 Å². The Hall–Kier alpha value is -0.950. The van der Waals surface area contributed by atoms with Crippen LogP contribution in [-0.2, 0) is 4.79 Å². The lowest BCUT2D eigenvalue weighted by Gasteiger charge is -2.23. The smallest absolute Gasteiger partial charge is 0.237 e. The van der Waals surface area contributed by atoms with Gasteiger partial charge in [0.25, 0.3) is 0 Å². The van der Waals surface area contributed by atoms with E-state index >= 15 is 0 Å². The molecule has 5 nitrogen and oxygen atoms in total. The second-order valence-electron chi connectivity index (χ2n) is 5.16. The zero-order valence-corrected chi connectivity index (χ0v) is 13.3. The topological polar surface area (TPSA) is 79.2 Å². The molecule has 5 N–H and O–H groups in total. The number of amides is 1. The predicted octanol–water partition coefficient (Wildman–Crippen LogP) is 1.41. The minimum Gasteiger partial charge on any atom is -0.338 e. The van der Waals surface area contributed by atoms with E-state index in [1.807, 2.05) is 12.1 Å². The van der Waals surface area contributed by atoms with Crippen molar-refractivity contribution in [3.8, 4) is 0 Å². The molecule has 1 aromatic carbocycles. The minimum absolute atomic E-state index is 0.104. The maximum absolute atomic E-state index is 11.7. The van der Waals surface area contributed by atoms with Gasteiger partial charge in [-0.1, -0.05) is 35.0 Å². The third-order valence-electron chi connectivity index (χ3n) is 3.66. The number of halogens is 1. The van der Waals surface area contributed by atoms with Gasteiger partial charge >= 0.3 is 0 Å². The summed E-state index contributed by atoms with van der Waals surface area (Å²) in [5.74, 6) is 0.137. The van der Waals surface area contributed by atoms with Crippen LogP contribution in [0.4, 0.5) is 0 Å². The Morgan fingerprint density at radius 2 is 2.05 bits per heavy atom. The Balaban J connectivity index is 2.09. The summed E-state index contributed by atoms with van der Waals surface area (Å²) in [5.41, 5.74) is 13.2. The van der Waals surface area contributed by atoms with Gasteiger partial charge < -0.3 is 11.1 Å². The van der Waals surface area contributed by atoms with Crippen molar-refractivity contribution in [3.63, 3.8) is 0 Å². The number of hydrogen-bond donors (Lipinski definition) is 4. The Kier molecular flexibility index (Phi) is 5.15. The lowest BCUT2D eigenvalue weighted by atomic mass is 9.90. The van der Waals surface area contributed by atoms with E-state index in [1.54, 1.807) is 6.92 Å². The number of hydrazine groups is 1. The summed E-state index contributed by atoms with van der Waals surface area (Å²) in [6.07, 6.45) is 0.845. The first kappa shape index (κ1) is 15.4. The van der Waals surface area contributed by atoms with E-state index in [9.17, 15) is 4.79 Å². The maximum Gasteiger partial charge on any atom is 0.237 e. The van der Waals surface area contributed by atoms with Gasteiger partial charge in [0.2, 0.25) is 5.91 Å². The highest BCUT2D eigenvalue weighted by Gasteiger charge is 2.36. The van der Waals surface area contributed by atoms with Crippen molar-refractivity contribution in [2.45, 2.75) is 38.5 Å². The van der Waals surface area contributed by atoms with Crippen molar-refractivity contribution in [2.75, 3.05) is 0 Å². The van der Waals surface area contributed by atoms with E-state index in [1.165, 1.54) is 5.56 Å². The maximum atomic E-state index is 11.7. The summed E-state index contributed by atoms with van der Waals surface area (Å²) in [5, 5.41) is 2.94. The van der Waals surface area contributed by atoms with Gasteiger partial charge in [-0.15, -0.1) is 0 Å². The Morgan fingerprint density at radius 3 is 2.60 bits per heavy atom. The van der Waals surface area contributed by atoms with E-state index in [0.717, 1.165) is 10.9 Å². The molecule has 0 aromatic heterocycles. The van der Waals surface area contributed by atoms with Crippen molar-refractivity contribution < 1.29 is 4.79 Å². The van der Waals surface area contributed by atoms with Crippen LogP contribution in [0.3, 0.4) is 0 Å². The van der Waals surface area contributed by atoms with Gasteiger partial charge in [-0.2, -0.15) is 0 Å². The lowest BCUT2D eigenvalue weighted by Crippen LogP contribution is -2.51. The van der Waals surface area contributed by atoms with Crippen LogP contribution in [0.25, 0.3) is 0 Å². The van der Waals surface area contributed by atoms with Gasteiger partial charge in [0.05, 0.1) is 18.2 Å². The second kappa shape index (κ2) is 6.67. The molecule has 0 spiro atoms. The average molecular weight is 341 g/mol. The molecule has 1 aliphatic heterocycles. The summed E-state index contributed by atoms with van der Waals surface area (Å²) >= 11 is 3.44. The van der Waals surface area contributed by atoms with Crippen LogP contribution in [0.1, 0.15) is 31.9 Å². The standard InChI is InChI=1S/C14H21BrN4O/c1-3-11-12(9-4-6-10(15)7-5-9)18-19-13(11)17-14(20)8(2)16/h4-8,11-13,18-19H,3,16H2,1-2H3,(H,17,20)/t8-,11?,12?,13?/m0/s1. The van der Waals surface area contributed by atoms with Crippen LogP contribution in [0.5, 0.6) is 0 Å². The quantitative estimate of drug-likeness (QED) is 0.668. The van der Waals surface area contributed by atoms with Gasteiger partial charge in [-0.3, -0.25) is 4.79 Å². The number of rotatable bonds is 4. The number of benzene rings is 1. The van der Waals surface area contributed by atoms with E-state index in [2.05, 4.69) is 51.2 Å². The van der Waals surface area contributed by atoms with Crippen molar-refractivity contribution in [2.24, 2.45) is 11.7 Å². The van der Waals surface area contributed by atoms with Crippen LogP contribution in [-0.4, -0.2) is 18.1 Å². The van der Waals surface area contributed by atoms with Crippen LogP contribution in [0.2, 0.25) is 0 Å². The molecule has 1 fully saturated rings. The molecule has 1 amide bonds. The highest BCUT2D eigenvalue weighted by atomic mass is 79.9. The van der Waals surface area contributed by atoms with Gasteiger partial charge in [0.1, 0.15) is 0 Å². The molecular formula is C14H21BrN4O. The third kappa shape index (κ3) is 3.38. The molecular weight excluding hydrogens is 320 g/mol. The molecule has 1 aliphatic rings. The first-order valence-corrected chi connectivity index (χ1v) is 7.64. The predicted molar refractivity (Wildman–Crippen MR) is 82.5 cm³/mol. The summed E-state index contributed by atoms with van der Waals surface area (Å²) in [6.45, 7) is 3.81. The molecule has 20 heavy (non-hydrogen) atoms. The van der Waals surface area contributed by atoms with Gasteiger partial charge in [-0.25, -0.2) is 10.9 Å². The highest BCUT2D eigenvalue weighted by Crippen LogP contribution is 2.30. The summed E-state index contributed by atoms with van der Waals surface area (Å²) < 4.78 is 1.06. The van der Waals surface area contributed by atoms with Gasteiger partial charge in [-0.05, 0) is 31.0 Å². The summed E-state index contributed by atoms with van der Waals surface area (Å²) in [4.78, 5) is 11.7. The van der Waals surface area contributed by atoms with Gasteiger partial charge in [0.15, 0.2) is 0 Å². The summed E-state index contributed by atoms with van der Waals surface area (Å²) in [7, 11) is 0. The fraction of sp³-hybridized carbons (Fsp3) is 0.500.